The van der Waals surface area contributed by atoms with E-state index in [4.69, 9.17) is 4.74 Å². The molecule has 3 aromatic rings. The van der Waals surface area contributed by atoms with Crippen molar-refractivity contribution in [2.75, 3.05) is 0 Å². The highest BCUT2D eigenvalue weighted by Gasteiger charge is 2.28. The average molecular weight is 394 g/mol. The minimum Gasteiger partial charge on any atom is -0.443 e. The van der Waals surface area contributed by atoms with E-state index in [0.717, 1.165) is 28.6 Å². The van der Waals surface area contributed by atoms with E-state index >= 15 is 0 Å². The van der Waals surface area contributed by atoms with Crippen LogP contribution in [0.25, 0.3) is 22.0 Å². The predicted molar refractivity (Wildman–Crippen MR) is 115 cm³/mol. The van der Waals surface area contributed by atoms with E-state index in [9.17, 15) is 14.8 Å². The lowest BCUT2D eigenvalue weighted by molar-refractivity contribution is 0.0547. The molecule has 0 unspecified atom stereocenters. The van der Waals surface area contributed by atoms with Crippen LogP contribution in [0.2, 0.25) is 0 Å². The van der Waals surface area contributed by atoms with Crippen LogP contribution in [-0.2, 0) is 4.74 Å². The molecule has 0 spiro atoms. The summed E-state index contributed by atoms with van der Waals surface area (Å²) in [6, 6.07) is 11.1. The third kappa shape index (κ3) is 4.36. The lowest BCUT2D eigenvalue weighted by Crippen LogP contribution is -2.40. The van der Waals surface area contributed by atoms with Gasteiger partial charge in [-0.3, -0.25) is 9.55 Å². The Hall–Kier alpha value is -2.64. The normalized spacial score (nSPS) is 12.8. The molecule has 3 rings (SSSR count). The number of carbonyl (C=O) groups excluding carboxylic acids is 1. The molecule has 0 bridgehead atoms. The molecular weight excluding hydrogens is 367 g/mol. The van der Waals surface area contributed by atoms with Crippen molar-refractivity contribution in [2.24, 2.45) is 0 Å². The molecule has 0 radical (unpaired) electrons. The molecule has 1 aromatic carbocycles. The lowest BCUT2D eigenvalue weighted by atomic mass is 9.86. The fourth-order valence-corrected chi connectivity index (χ4v) is 3.27. The van der Waals surface area contributed by atoms with Crippen LogP contribution in [0.15, 0.2) is 42.6 Å². The van der Waals surface area contributed by atoms with Gasteiger partial charge in [0.15, 0.2) is 0 Å². The first-order valence-electron chi connectivity index (χ1n) is 9.82. The maximum atomic E-state index is 12.8. The van der Waals surface area contributed by atoms with Gasteiger partial charge in [-0.05, 0) is 56.9 Å². The SMILES string of the molecule is CC[C@H](C)c1ccc(-c2cccc3c2cc(B(O)O)n3C(=O)OC(C)(C)C)cn1. The van der Waals surface area contributed by atoms with E-state index in [1.807, 2.05) is 30.5 Å². The minimum atomic E-state index is -1.81. The van der Waals surface area contributed by atoms with Gasteiger partial charge < -0.3 is 14.8 Å². The summed E-state index contributed by atoms with van der Waals surface area (Å²) < 4.78 is 6.69. The van der Waals surface area contributed by atoms with Gasteiger partial charge in [0.1, 0.15) is 5.60 Å². The van der Waals surface area contributed by atoms with Crippen LogP contribution in [0.4, 0.5) is 4.79 Å². The third-order valence-corrected chi connectivity index (χ3v) is 4.93. The number of rotatable bonds is 4. The van der Waals surface area contributed by atoms with Crippen molar-refractivity contribution < 1.29 is 19.6 Å². The summed E-state index contributed by atoms with van der Waals surface area (Å²) in [5.41, 5.74) is 2.68. The molecule has 7 heteroatoms. The molecule has 0 aliphatic rings. The van der Waals surface area contributed by atoms with Crippen LogP contribution in [-0.4, -0.2) is 38.4 Å². The molecule has 29 heavy (non-hydrogen) atoms. The number of hydrogen-bond acceptors (Lipinski definition) is 5. The van der Waals surface area contributed by atoms with Crippen LogP contribution in [0, 0.1) is 0 Å². The van der Waals surface area contributed by atoms with Gasteiger partial charge in [0.05, 0.1) is 11.1 Å². The molecule has 2 aromatic heterocycles. The second-order valence-corrected chi connectivity index (χ2v) is 8.28. The first kappa shape index (κ1) is 21.1. The molecule has 2 N–H and O–H groups in total. The van der Waals surface area contributed by atoms with Gasteiger partial charge >= 0.3 is 13.2 Å². The summed E-state index contributed by atoms with van der Waals surface area (Å²) in [6.07, 6.45) is 2.17. The molecule has 1 atom stereocenters. The van der Waals surface area contributed by atoms with E-state index < -0.39 is 18.8 Å². The average Bonchev–Trinajstić information content (AvgIpc) is 3.06. The van der Waals surface area contributed by atoms with Crippen LogP contribution in [0.3, 0.4) is 0 Å². The van der Waals surface area contributed by atoms with E-state index in [-0.39, 0.29) is 5.59 Å². The van der Waals surface area contributed by atoms with Crippen molar-refractivity contribution in [3.05, 3.63) is 48.3 Å². The Balaban J connectivity index is 2.14. The molecular formula is C22H27BN2O4. The van der Waals surface area contributed by atoms with Gasteiger partial charge in [-0.2, -0.15) is 0 Å². The topological polar surface area (TPSA) is 84.6 Å². The number of pyridine rings is 1. The second kappa shape index (κ2) is 8.01. The molecule has 2 heterocycles. The summed E-state index contributed by atoms with van der Waals surface area (Å²) in [5.74, 6) is 0.379. The highest BCUT2D eigenvalue weighted by molar-refractivity contribution is 6.59. The number of benzene rings is 1. The predicted octanol–water partition coefficient (Wildman–Crippen LogP) is 3.68. The highest BCUT2D eigenvalue weighted by atomic mass is 16.6. The smallest absolute Gasteiger partial charge is 0.443 e. The number of fused-ring (bicyclic) bond motifs is 1. The fourth-order valence-electron chi connectivity index (χ4n) is 3.27. The first-order valence-corrected chi connectivity index (χ1v) is 9.82. The molecule has 6 nitrogen and oxygen atoms in total. The molecule has 0 aliphatic carbocycles. The Kier molecular flexibility index (Phi) is 5.82. The zero-order valence-electron chi connectivity index (χ0n) is 17.5. The van der Waals surface area contributed by atoms with Crippen molar-refractivity contribution in [1.82, 2.24) is 9.55 Å². The van der Waals surface area contributed by atoms with Crippen LogP contribution >= 0.6 is 0 Å². The zero-order valence-corrected chi connectivity index (χ0v) is 17.5. The molecule has 0 saturated carbocycles. The van der Waals surface area contributed by atoms with Crippen molar-refractivity contribution in [3.8, 4) is 11.1 Å². The maximum Gasteiger partial charge on any atom is 0.506 e. The summed E-state index contributed by atoms with van der Waals surface area (Å²) in [5, 5.41) is 20.4. The van der Waals surface area contributed by atoms with Crippen molar-refractivity contribution >= 4 is 29.7 Å². The summed E-state index contributed by atoms with van der Waals surface area (Å²) in [7, 11) is -1.81. The number of aromatic nitrogens is 2. The Morgan fingerprint density at radius 3 is 2.52 bits per heavy atom. The van der Waals surface area contributed by atoms with Gasteiger partial charge in [-0.15, -0.1) is 0 Å². The second-order valence-electron chi connectivity index (χ2n) is 8.28. The molecule has 0 saturated heterocycles. The maximum absolute atomic E-state index is 12.8. The largest absolute Gasteiger partial charge is 0.506 e. The Morgan fingerprint density at radius 1 is 1.24 bits per heavy atom. The van der Waals surface area contributed by atoms with Gasteiger partial charge in [0.2, 0.25) is 0 Å². The number of ether oxygens (including phenoxy) is 1. The first-order chi connectivity index (χ1) is 13.6. The molecule has 0 fully saturated rings. The fraction of sp³-hybridized carbons (Fsp3) is 0.364. The van der Waals surface area contributed by atoms with Crippen LogP contribution in [0.1, 0.15) is 52.7 Å². The van der Waals surface area contributed by atoms with E-state index in [0.29, 0.717) is 11.4 Å². The molecule has 0 aliphatic heterocycles. The number of nitrogens with zero attached hydrogens (tertiary/aromatic N) is 2. The van der Waals surface area contributed by atoms with E-state index in [1.165, 1.54) is 4.57 Å². The third-order valence-electron chi connectivity index (χ3n) is 4.93. The number of carbonyl (C=O) groups is 1. The molecule has 152 valence electrons. The summed E-state index contributed by atoms with van der Waals surface area (Å²) in [4.78, 5) is 17.4. The van der Waals surface area contributed by atoms with Gasteiger partial charge in [0, 0.05) is 22.8 Å². The Labute approximate surface area is 171 Å². The lowest BCUT2D eigenvalue weighted by Gasteiger charge is -2.21. The van der Waals surface area contributed by atoms with Gasteiger partial charge in [-0.25, -0.2) is 4.79 Å². The van der Waals surface area contributed by atoms with Crippen molar-refractivity contribution in [1.29, 1.82) is 0 Å². The Bertz CT molecular complexity index is 1020. The summed E-state index contributed by atoms with van der Waals surface area (Å²) in [6.45, 7) is 9.56. The zero-order chi connectivity index (χ0) is 21.3. The number of hydrogen-bond donors (Lipinski definition) is 2. The Morgan fingerprint density at radius 2 is 1.97 bits per heavy atom. The standard InChI is InChI=1S/C22H27BN2O4/c1-6-14(2)18-11-10-15(13-24-18)16-8-7-9-19-17(16)12-20(23(27)28)25(19)21(26)29-22(3,4)5/h7-14,27-28H,6H2,1-5H3/t14-/m0/s1. The van der Waals surface area contributed by atoms with Crippen LogP contribution < -0.4 is 5.59 Å². The minimum absolute atomic E-state index is 0.0610. The molecule has 0 amide bonds. The quantitative estimate of drug-likeness (QED) is 0.660. The van der Waals surface area contributed by atoms with Gasteiger partial charge in [0.25, 0.3) is 0 Å². The van der Waals surface area contributed by atoms with Crippen molar-refractivity contribution in [3.63, 3.8) is 0 Å². The summed E-state index contributed by atoms with van der Waals surface area (Å²) >= 11 is 0. The van der Waals surface area contributed by atoms with E-state index in [2.05, 4.69) is 18.8 Å². The highest BCUT2D eigenvalue weighted by Crippen LogP contribution is 2.30. The van der Waals surface area contributed by atoms with Crippen molar-refractivity contribution in [2.45, 2.75) is 52.6 Å². The van der Waals surface area contributed by atoms with E-state index in [1.54, 1.807) is 32.9 Å². The van der Waals surface area contributed by atoms with Gasteiger partial charge in [-0.1, -0.05) is 32.0 Å². The van der Waals surface area contributed by atoms with Crippen LogP contribution in [0.5, 0.6) is 0 Å². The monoisotopic (exact) mass is 394 g/mol.